The van der Waals surface area contributed by atoms with Crippen molar-refractivity contribution in [1.29, 1.82) is 0 Å². The van der Waals surface area contributed by atoms with Gasteiger partial charge in [0.05, 0.1) is 6.04 Å². The fourth-order valence-corrected chi connectivity index (χ4v) is 4.89. The molecule has 8 nitrogen and oxygen atoms in total. The van der Waals surface area contributed by atoms with Crippen molar-refractivity contribution in [2.45, 2.75) is 57.3 Å². The summed E-state index contributed by atoms with van der Waals surface area (Å²) in [5.74, 6) is -0.317. The van der Waals surface area contributed by atoms with E-state index in [2.05, 4.69) is 16.0 Å². The standard InChI is InChI=1S/C29H36N4O4/c1-4-19(2)25-27(34)31-16-14-20-10-12-22(13-11-20)37-24-15-17-33(26(24)28(35)32-25)29(36)23(30-3)18-21-8-6-5-7-9-21/h5-14,16,19,23-26,30H,4,15,17-18H2,1-3H3,(H,31,34)(H,32,35)/t19-,23+,24+,25+,26+/m1/s1. The van der Waals surface area contributed by atoms with E-state index in [9.17, 15) is 14.4 Å². The molecule has 196 valence electrons. The molecule has 0 spiro atoms. The molecule has 3 aliphatic rings. The largest absolute Gasteiger partial charge is 0.488 e. The Hall–Kier alpha value is -3.65. The highest BCUT2D eigenvalue weighted by Gasteiger charge is 2.46. The summed E-state index contributed by atoms with van der Waals surface area (Å²) in [5, 5.41) is 8.87. The number of nitrogens with one attached hydrogen (secondary N) is 3. The van der Waals surface area contributed by atoms with Crippen molar-refractivity contribution in [2.75, 3.05) is 13.6 Å². The van der Waals surface area contributed by atoms with Crippen LogP contribution in [0.4, 0.5) is 0 Å². The number of hydrogen-bond acceptors (Lipinski definition) is 5. The van der Waals surface area contributed by atoms with Crippen LogP contribution in [0.1, 0.15) is 37.8 Å². The quantitative estimate of drug-likeness (QED) is 0.561. The third kappa shape index (κ3) is 6.20. The smallest absolute Gasteiger partial charge is 0.247 e. The Kier molecular flexibility index (Phi) is 8.61. The van der Waals surface area contributed by atoms with E-state index in [1.165, 1.54) is 0 Å². The van der Waals surface area contributed by atoms with Crippen molar-refractivity contribution in [1.82, 2.24) is 20.9 Å². The molecular weight excluding hydrogens is 468 g/mol. The summed E-state index contributed by atoms with van der Waals surface area (Å²) in [5.41, 5.74) is 1.94. The molecule has 37 heavy (non-hydrogen) atoms. The predicted molar refractivity (Wildman–Crippen MR) is 143 cm³/mol. The Morgan fingerprint density at radius 2 is 1.84 bits per heavy atom. The van der Waals surface area contributed by atoms with Crippen LogP contribution in [0, 0.1) is 5.92 Å². The van der Waals surface area contributed by atoms with Crippen LogP contribution in [-0.2, 0) is 20.8 Å². The van der Waals surface area contributed by atoms with E-state index >= 15 is 0 Å². The fraction of sp³-hybridized carbons (Fsp3) is 0.414. The summed E-state index contributed by atoms with van der Waals surface area (Å²) in [6.07, 6.45) is 4.55. The molecule has 0 saturated carbocycles. The van der Waals surface area contributed by atoms with Gasteiger partial charge in [0.2, 0.25) is 17.7 Å². The molecule has 0 radical (unpaired) electrons. The van der Waals surface area contributed by atoms with Gasteiger partial charge in [-0.15, -0.1) is 0 Å². The van der Waals surface area contributed by atoms with E-state index < -0.39 is 24.2 Å². The van der Waals surface area contributed by atoms with Gasteiger partial charge in [-0.05, 0) is 48.7 Å². The van der Waals surface area contributed by atoms with Crippen LogP contribution in [0.5, 0.6) is 5.75 Å². The molecule has 0 aliphatic carbocycles. The lowest BCUT2D eigenvalue weighted by atomic mass is 9.97. The first-order valence-corrected chi connectivity index (χ1v) is 13.0. The van der Waals surface area contributed by atoms with Crippen molar-refractivity contribution < 1.29 is 19.1 Å². The normalized spacial score (nSPS) is 23.3. The third-order valence-corrected chi connectivity index (χ3v) is 7.29. The van der Waals surface area contributed by atoms with Gasteiger partial charge in [-0.2, -0.15) is 0 Å². The number of carbonyl (C=O) groups is 3. The number of benzene rings is 2. The number of carbonyl (C=O) groups excluding carboxylic acids is 3. The second-order valence-electron chi connectivity index (χ2n) is 9.74. The Morgan fingerprint density at radius 3 is 2.51 bits per heavy atom. The lowest BCUT2D eigenvalue weighted by molar-refractivity contribution is -0.142. The van der Waals surface area contributed by atoms with Crippen LogP contribution >= 0.6 is 0 Å². The molecule has 3 amide bonds. The van der Waals surface area contributed by atoms with Gasteiger partial charge in [-0.3, -0.25) is 14.4 Å². The minimum atomic E-state index is -0.864. The molecule has 2 aromatic carbocycles. The molecule has 1 fully saturated rings. The SMILES string of the molecule is CC[C@@H](C)[C@@H]1NC(=O)[C@@H]2[C@H](CCN2C(=O)[C@H](Cc2ccccc2)NC)Oc2ccc(cc2)C=CNC1=O. The molecule has 2 aromatic rings. The van der Waals surface area contributed by atoms with E-state index in [-0.39, 0.29) is 23.6 Å². The van der Waals surface area contributed by atoms with Crippen LogP contribution < -0.4 is 20.7 Å². The van der Waals surface area contributed by atoms with Crippen LogP contribution in [0.3, 0.4) is 0 Å². The Morgan fingerprint density at radius 1 is 1.11 bits per heavy atom. The number of nitrogens with zero attached hydrogens (tertiary/aromatic N) is 1. The molecule has 0 aromatic heterocycles. The van der Waals surface area contributed by atoms with E-state index in [0.717, 1.165) is 11.1 Å². The fourth-order valence-electron chi connectivity index (χ4n) is 4.89. The Bertz CT molecular complexity index is 1120. The average molecular weight is 505 g/mol. The highest BCUT2D eigenvalue weighted by Crippen LogP contribution is 2.27. The van der Waals surface area contributed by atoms with E-state index in [1.54, 1.807) is 24.2 Å². The van der Waals surface area contributed by atoms with Crippen molar-refractivity contribution in [3.8, 4) is 5.75 Å². The molecule has 2 bridgehead atoms. The first-order valence-electron chi connectivity index (χ1n) is 13.0. The molecule has 3 N–H and O–H groups in total. The zero-order valence-electron chi connectivity index (χ0n) is 21.6. The Balaban J connectivity index is 1.65. The van der Waals surface area contributed by atoms with Crippen LogP contribution in [0.15, 0.2) is 60.8 Å². The predicted octanol–water partition coefficient (Wildman–Crippen LogP) is 2.50. The van der Waals surface area contributed by atoms with Crippen molar-refractivity contribution in [3.63, 3.8) is 0 Å². The number of ether oxygens (including phenoxy) is 1. The molecule has 3 aliphatic heterocycles. The van der Waals surface area contributed by atoms with E-state index in [4.69, 9.17) is 4.74 Å². The van der Waals surface area contributed by atoms with Gasteiger partial charge in [-0.25, -0.2) is 0 Å². The summed E-state index contributed by atoms with van der Waals surface area (Å²) in [6, 6.07) is 15.1. The van der Waals surface area contributed by atoms with Crippen LogP contribution in [0.2, 0.25) is 0 Å². The zero-order chi connectivity index (χ0) is 26.4. The highest BCUT2D eigenvalue weighted by atomic mass is 16.5. The molecule has 8 heteroatoms. The highest BCUT2D eigenvalue weighted by molar-refractivity contribution is 5.94. The van der Waals surface area contributed by atoms with Crippen LogP contribution in [-0.4, -0.2) is 60.4 Å². The molecule has 5 rings (SSSR count). The van der Waals surface area contributed by atoms with E-state index in [0.29, 0.717) is 31.6 Å². The molecular formula is C29H36N4O4. The minimum absolute atomic E-state index is 0.100. The molecule has 0 unspecified atom stereocenters. The lowest BCUT2D eigenvalue weighted by Crippen LogP contribution is -2.59. The first kappa shape index (κ1) is 26.4. The topological polar surface area (TPSA) is 99.8 Å². The van der Waals surface area contributed by atoms with Gasteiger partial charge in [-0.1, -0.05) is 62.7 Å². The number of amides is 3. The van der Waals surface area contributed by atoms with Gasteiger partial charge in [0.1, 0.15) is 23.9 Å². The summed E-state index contributed by atoms with van der Waals surface area (Å²) in [7, 11) is 1.75. The van der Waals surface area contributed by atoms with Gasteiger partial charge < -0.3 is 25.6 Å². The van der Waals surface area contributed by atoms with Gasteiger partial charge >= 0.3 is 0 Å². The van der Waals surface area contributed by atoms with Crippen molar-refractivity contribution in [2.24, 2.45) is 5.92 Å². The Labute approximate surface area is 218 Å². The number of hydrogen-bond donors (Lipinski definition) is 3. The van der Waals surface area contributed by atoms with Gasteiger partial charge in [0.25, 0.3) is 0 Å². The maximum absolute atomic E-state index is 13.8. The minimum Gasteiger partial charge on any atom is -0.488 e. The second-order valence-corrected chi connectivity index (χ2v) is 9.74. The zero-order valence-corrected chi connectivity index (χ0v) is 21.6. The number of likely N-dealkylation sites (tertiary alicyclic amines) is 1. The lowest BCUT2D eigenvalue weighted by Gasteiger charge is -2.32. The first-order chi connectivity index (χ1) is 17.9. The molecule has 5 atom stereocenters. The van der Waals surface area contributed by atoms with Crippen LogP contribution in [0.25, 0.3) is 6.08 Å². The number of likely N-dealkylation sites (N-methyl/N-ethyl adjacent to an activating group) is 1. The molecule has 3 heterocycles. The summed E-state index contributed by atoms with van der Waals surface area (Å²) >= 11 is 0. The third-order valence-electron chi connectivity index (χ3n) is 7.29. The van der Waals surface area contributed by atoms with Gasteiger partial charge in [0, 0.05) is 19.2 Å². The number of fused-ring (bicyclic) bond motifs is 7. The number of rotatable bonds is 6. The summed E-state index contributed by atoms with van der Waals surface area (Å²) in [4.78, 5) is 42.2. The van der Waals surface area contributed by atoms with Crippen molar-refractivity contribution in [3.05, 3.63) is 71.9 Å². The molecule has 1 saturated heterocycles. The summed E-state index contributed by atoms with van der Waals surface area (Å²) < 4.78 is 6.27. The monoisotopic (exact) mass is 504 g/mol. The summed E-state index contributed by atoms with van der Waals surface area (Å²) in [6.45, 7) is 4.29. The average Bonchev–Trinajstić information content (AvgIpc) is 3.34. The second kappa shape index (κ2) is 12.1. The van der Waals surface area contributed by atoms with Crippen molar-refractivity contribution >= 4 is 23.8 Å². The maximum atomic E-state index is 13.8. The maximum Gasteiger partial charge on any atom is 0.247 e. The van der Waals surface area contributed by atoms with E-state index in [1.807, 2.05) is 68.4 Å². The van der Waals surface area contributed by atoms with Gasteiger partial charge in [0.15, 0.2) is 0 Å².